The number of aromatic nitrogens is 1. The van der Waals surface area contributed by atoms with Crippen molar-refractivity contribution in [2.45, 2.75) is 45.6 Å². The van der Waals surface area contributed by atoms with Crippen molar-refractivity contribution in [3.63, 3.8) is 0 Å². The number of amides is 1. The van der Waals surface area contributed by atoms with Gasteiger partial charge in [0, 0.05) is 12.2 Å². The first-order valence-electron chi connectivity index (χ1n) is 7.16. The number of hydrogen-bond donors (Lipinski definition) is 3. The van der Waals surface area contributed by atoms with E-state index in [2.05, 4.69) is 10.3 Å². The Balaban J connectivity index is 2.00. The molecule has 5 nitrogen and oxygen atoms in total. The van der Waals surface area contributed by atoms with Crippen molar-refractivity contribution in [1.29, 1.82) is 0 Å². The van der Waals surface area contributed by atoms with Crippen LogP contribution in [-0.2, 0) is 0 Å². The number of aromatic amines is 1. The van der Waals surface area contributed by atoms with Crippen LogP contribution in [0.15, 0.2) is 10.9 Å². The molecule has 1 aliphatic carbocycles. The van der Waals surface area contributed by atoms with E-state index in [0.717, 1.165) is 31.4 Å². The molecule has 1 fully saturated rings. The highest BCUT2D eigenvalue weighted by atomic mass is 16.3. The molecule has 5 heteroatoms. The van der Waals surface area contributed by atoms with Gasteiger partial charge in [0.1, 0.15) is 5.56 Å². The molecule has 0 bridgehead atoms. The number of aliphatic hydroxyl groups is 1. The topological polar surface area (TPSA) is 82.2 Å². The second-order valence-electron chi connectivity index (χ2n) is 5.66. The summed E-state index contributed by atoms with van der Waals surface area (Å²) in [5.41, 5.74) is 1.14. The molecule has 1 aliphatic rings. The lowest BCUT2D eigenvalue weighted by molar-refractivity contribution is 0.0839. The summed E-state index contributed by atoms with van der Waals surface area (Å²) in [5, 5.41) is 12.7. The lowest BCUT2D eigenvalue weighted by Crippen LogP contribution is -2.38. The van der Waals surface area contributed by atoms with Crippen LogP contribution in [0.1, 0.15) is 47.3 Å². The summed E-state index contributed by atoms with van der Waals surface area (Å²) in [7, 11) is 0. The van der Waals surface area contributed by atoms with Crippen molar-refractivity contribution >= 4 is 5.91 Å². The number of rotatable bonds is 4. The van der Waals surface area contributed by atoms with Gasteiger partial charge >= 0.3 is 0 Å². The summed E-state index contributed by atoms with van der Waals surface area (Å²) < 4.78 is 0. The molecule has 1 unspecified atom stereocenters. The third kappa shape index (κ3) is 3.28. The number of hydrogen-bond acceptors (Lipinski definition) is 3. The van der Waals surface area contributed by atoms with Crippen LogP contribution in [0, 0.1) is 19.8 Å². The first kappa shape index (κ1) is 14.8. The van der Waals surface area contributed by atoms with Crippen LogP contribution in [0.5, 0.6) is 0 Å². The van der Waals surface area contributed by atoms with E-state index in [1.54, 1.807) is 19.9 Å². The number of carbonyl (C=O) groups excluding carboxylic acids is 1. The zero-order valence-corrected chi connectivity index (χ0v) is 12.0. The van der Waals surface area contributed by atoms with Crippen LogP contribution >= 0.6 is 0 Å². The van der Waals surface area contributed by atoms with Gasteiger partial charge in [-0.25, -0.2) is 0 Å². The number of aryl methyl sites for hydroxylation is 2. The first-order valence-corrected chi connectivity index (χ1v) is 7.16. The predicted molar refractivity (Wildman–Crippen MR) is 76.8 cm³/mol. The van der Waals surface area contributed by atoms with Crippen molar-refractivity contribution in [2.75, 3.05) is 6.54 Å². The van der Waals surface area contributed by atoms with Crippen molar-refractivity contribution in [1.82, 2.24) is 10.3 Å². The quantitative estimate of drug-likeness (QED) is 0.775. The van der Waals surface area contributed by atoms with Crippen LogP contribution in [0.25, 0.3) is 0 Å². The fraction of sp³-hybridized carbons (Fsp3) is 0.600. The van der Waals surface area contributed by atoms with Crippen molar-refractivity contribution in [3.8, 4) is 0 Å². The molecular weight excluding hydrogens is 256 g/mol. The standard InChI is InChI=1S/C15H22N2O3/c1-9-7-10(2)17-15(20)13(9)14(19)16-8-12(18)11-5-3-4-6-11/h7,11-12,18H,3-6,8H2,1-2H3,(H,16,19)(H,17,20). The SMILES string of the molecule is Cc1cc(C)c(C(=O)NCC(O)C2CCCC2)c(=O)[nH]1. The number of pyridine rings is 1. The summed E-state index contributed by atoms with van der Waals surface area (Å²) in [5.74, 6) is -0.145. The monoisotopic (exact) mass is 278 g/mol. The van der Waals surface area contributed by atoms with E-state index in [0.29, 0.717) is 5.56 Å². The Bertz CT molecular complexity index is 545. The van der Waals surface area contributed by atoms with Crippen LogP contribution in [0.2, 0.25) is 0 Å². The van der Waals surface area contributed by atoms with Crippen LogP contribution in [0.4, 0.5) is 0 Å². The number of aliphatic hydroxyl groups excluding tert-OH is 1. The molecule has 0 saturated heterocycles. The lowest BCUT2D eigenvalue weighted by Gasteiger charge is -2.18. The largest absolute Gasteiger partial charge is 0.391 e. The summed E-state index contributed by atoms with van der Waals surface area (Å²) >= 11 is 0. The fourth-order valence-electron chi connectivity index (χ4n) is 2.93. The molecule has 20 heavy (non-hydrogen) atoms. The molecule has 0 spiro atoms. The molecule has 1 heterocycles. The minimum Gasteiger partial charge on any atom is -0.391 e. The summed E-state index contributed by atoms with van der Waals surface area (Å²) in [6, 6.07) is 1.77. The summed E-state index contributed by atoms with van der Waals surface area (Å²) in [6.45, 7) is 3.72. The summed E-state index contributed by atoms with van der Waals surface area (Å²) in [6.07, 6.45) is 3.80. The molecule has 1 amide bonds. The van der Waals surface area contributed by atoms with Gasteiger partial charge in [-0.3, -0.25) is 9.59 Å². The van der Waals surface area contributed by atoms with Gasteiger partial charge in [0.25, 0.3) is 11.5 Å². The Morgan fingerprint density at radius 3 is 2.70 bits per heavy atom. The van der Waals surface area contributed by atoms with Gasteiger partial charge in [-0.05, 0) is 44.2 Å². The van der Waals surface area contributed by atoms with Crippen LogP contribution in [0.3, 0.4) is 0 Å². The average Bonchev–Trinajstić information content (AvgIpc) is 2.88. The Morgan fingerprint density at radius 1 is 1.45 bits per heavy atom. The second kappa shape index (κ2) is 6.22. The van der Waals surface area contributed by atoms with Crippen molar-refractivity contribution in [3.05, 3.63) is 33.2 Å². The van der Waals surface area contributed by atoms with E-state index in [-0.39, 0.29) is 23.6 Å². The molecule has 1 saturated carbocycles. The lowest BCUT2D eigenvalue weighted by atomic mass is 10.0. The molecule has 0 radical (unpaired) electrons. The molecule has 1 aromatic rings. The molecule has 1 aromatic heterocycles. The maximum Gasteiger partial charge on any atom is 0.261 e. The minimum atomic E-state index is -0.522. The first-order chi connectivity index (χ1) is 9.49. The van der Waals surface area contributed by atoms with Crippen LogP contribution < -0.4 is 10.9 Å². The maximum atomic E-state index is 12.1. The molecule has 110 valence electrons. The molecular formula is C15H22N2O3. The van der Waals surface area contributed by atoms with E-state index in [9.17, 15) is 14.7 Å². The molecule has 3 N–H and O–H groups in total. The van der Waals surface area contributed by atoms with Gasteiger partial charge in [-0.2, -0.15) is 0 Å². The Labute approximate surface area is 118 Å². The average molecular weight is 278 g/mol. The Hall–Kier alpha value is -1.62. The fourth-order valence-corrected chi connectivity index (χ4v) is 2.93. The number of carbonyl (C=O) groups is 1. The van der Waals surface area contributed by atoms with E-state index in [4.69, 9.17) is 0 Å². The van der Waals surface area contributed by atoms with E-state index in [1.165, 1.54) is 0 Å². The Morgan fingerprint density at radius 2 is 2.10 bits per heavy atom. The van der Waals surface area contributed by atoms with Crippen molar-refractivity contribution in [2.24, 2.45) is 5.92 Å². The number of H-pyrrole nitrogens is 1. The third-order valence-corrected chi connectivity index (χ3v) is 4.01. The van der Waals surface area contributed by atoms with E-state index in [1.807, 2.05) is 0 Å². The highest BCUT2D eigenvalue weighted by molar-refractivity contribution is 5.95. The summed E-state index contributed by atoms with van der Waals surface area (Å²) in [4.78, 5) is 26.5. The van der Waals surface area contributed by atoms with Gasteiger partial charge in [0.2, 0.25) is 0 Å². The van der Waals surface area contributed by atoms with Gasteiger partial charge < -0.3 is 15.4 Å². The number of nitrogens with one attached hydrogen (secondary N) is 2. The molecule has 0 aliphatic heterocycles. The minimum absolute atomic E-state index is 0.134. The van der Waals surface area contributed by atoms with E-state index >= 15 is 0 Å². The van der Waals surface area contributed by atoms with E-state index < -0.39 is 12.0 Å². The van der Waals surface area contributed by atoms with Crippen molar-refractivity contribution < 1.29 is 9.90 Å². The molecule has 1 atom stereocenters. The third-order valence-electron chi connectivity index (χ3n) is 4.01. The zero-order valence-electron chi connectivity index (χ0n) is 12.0. The zero-order chi connectivity index (χ0) is 14.7. The normalized spacial score (nSPS) is 17.1. The van der Waals surface area contributed by atoms with Crippen LogP contribution in [-0.4, -0.2) is 28.6 Å². The smallest absolute Gasteiger partial charge is 0.261 e. The molecule has 0 aromatic carbocycles. The van der Waals surface area contributed by atoms with Gasteiger partial charge in [0.15, 0.2) is 0 Å². The van der Waals surface area contributed by atoms with Gasteiger partial charge in [0.05, 0.1) is 6.10 Å². The predicted octanol–water partition coefficient (Wildman–Crippen LogP) is 1.27. The second-order valence-corrected chi connectivity index (χ2v) is 5.66. The highest BCUT2D eigenvalue weighted by Gasteiger charge is 2.24. The van der Waals surface area contributed by atoms with Gasteiger partial charge in [-0.1, -0.05) is 12.8 Å². The molecule has 2 rings (SSSR count). The Kier molecular flexibility index (Phi) is 4.60. The highest BCUT2D eigenvalue weighted by Crippen LogP contribution is 2.27. The maximum absolute atomic E-state index is 12.1. The van der Waals surface area contributed by atoms with Gasteiger partial charge in [-0.15, -0.1) is 0 Å².